The van der Waals surface area contributed by atoms with Crippen molar-refractivity contribution in [3.63, 3.8) is 0 Å². The smallest absolute Gasteiger partial charge is 0.341 e. The molecule has 0 radical (unpaired) electrons. The number of halogens is 1. The molecule has 5 nitrogen and oxygen atoms in total. The van der Waals surface area contributed by atoms with E-state index in [0.717, 1.165) is 65.0 Å². The summed E-state index contributed by atoms with van der Waals surface area (Å²) in [6.45, 7) is 7.09. The van der Waals surface area contributed by atoms with E-state index in [2.05, 4.69) is 17.1 Å². The molecule has 0 unspecified atom stereocenters. The third-order valence-electron chi connectivity index (χ3n) is 5.04. The summed E-state index contributed by atoms with van der Waals surface area (Å²) in [5, 5.41) is 4.35. The van der Waals surface area contributed by atoms with Crippen LogP contribution in [-0.2, 0) is 22.5 Å². The summed E-state index contributed by atoms with van der Waals surface area (Å²) in [7, 11) is 0. The maximum atomic E-state index is 12.6. The van der Waals surface area contributed by atoms with Gasteiger partial charge in [0, 0.05) is 34.3 Å². The van der Waals surface area contributed by atoms with Crippen LogP contribution in [0.25, 0.3) is 0 Å². The first-order valence-electron chi connectivity index (χ1n) is 10.7. The van der Waals surface area contributed by atoms with Crippen molar-refractivity contribution in [1.29, 1.82) is 0 Å². The Balaban J connectivity index is 1.60. The summed E-state index contributed by atoms with van der Waals surface area (Å²) < 4.78 is 5.29. The fraction of sp³-hybridized carbons (Fsp3) is 0.478. The van der Waals surface area contributed by atoms with Crippen molar-refractivity contribution < 1.29 is 14.3 Å². The summed E-state index contributed by atoms with van der Waals surface area (Å²) in [6.07, 6.45) is 3.08. The number of thiophene rings is 1. The molecule has 31 heavy (non-hydrogen) atoms. The van der Waals surface area contributed by atoms with E-state index in [1.54, 1.807) is 18.7 Å². The average molecular weight is 481 g/mol. The van der Waals surface area contributed by atoms with Gasteiger partial charge in [-0.1, -0.05) is 18.5 Å². The highest BCUT2D eigenvalue weighted by molar-refractivity contribution is 7.99. The molecule has 0 atom stereocenters. The third kappa shape index (κ3) is 6.72. The minimum absolute atomic E-state index is 0.0636. The van der Waals surface area contributed by atoms with Gasteiger partial charge in [0.05, 0.1) is 12.2 Å². The molecule has 1 aliphatic heterocycles. The number of esters is 1. The van der Waals surface area contributed by atoms with Gasteiger partial charge in [-0.2, -0.15) is 0 Å². The topological polar surface area (TPSA) is 58.6 Å². The lowest BCUT2D eigenvalue weighted by atomic mass is 10.0. The molecule has 0 saturated heterocycles. The maximum Gasteiger partial charge on any atom is 0.341 e. The van der Waals surface area contributed by atoms with Crippen LogP contribution >= 0.6 is 34.7 Å². The molecule has 1 aromatic carbocycles. The van der Waals surface area contributed by atoms with Gasteiger partial charge in [0.1, 0.15) is 5.00 Å². The van der Waals surface area contributed by atoms with Crippen LogP contribution in [0, 0.1) is 0 Å². The van der Waals surface area contributed by atoms with Gasteiger partial charge in [-0.25, -0.2) is 4.79 Å². The monoisotopic (exact) mass is 480 g/mol. The molecule has 1 aromatic heterocycles. The Morgan fingerprint density at radius 3 is 2.74 bits per heavy atom. The zero-order chi connectivity index (χ0) is 22.2. The first kappa shape index (κ1) is 24.1. The van der Waals surface area contributed by atoms with Crippen molar-refractivity contribution in [2.24, 2.45) is 0 Å². The predicted molar refractivity (Wildman–Crippen MR) is 130 cm³/mol. The Morgan fingerprint density at radius 2 is 2.03 bits per heavy atom. The number of anilines is 1. The van der Waals surface area contributed by atoms with Crippen LogP contribution < -0.4 is 5.32 Å². The lowest BCUT2D eigenvalue weighted by Gasteiger charge is -2.26. The van der Waals surface area contributed by atoms with Gasteiger partial charge in [0.15, 0.2) is 0 Å². The van der Waals surface area contributed by atoms with E-state index in [1.165, 1.54) is 11.3 Å². The SMILES string of the molecule is CCCN1CCc2c(sc(NC(=O)CCCSc3ccc(Cl)cc3)c2C(=O)OCC)C1. The molecule has 0 aliphatic carbocycles. The average Bonchev–Trinajstić information content (AvgIpc) is 3.10. The number of nitrogens with zero attached hydrogens (tertiary/aromatic N) is 1. The Bertz CT molecular complexity index is 899. The molecule has 3 rings (SSSR count). The molecule has 1 N–H and O–H groups in total. The van der Waals surface area contributed by atoms with Gasteiger partial charge in [-0.3, -0.25) is 9.69 Å². The number of carbonyl (C=O) groups excluding carboxylic acids is 2. The number of carbonyl (C=O) groups is 2. The molecule has 0 bridgehead atoms. The molecule has 8 heteroatoms. The molecular weight excluding hydrogens is 452 g/mol. The first-order chi connectivity index (χ1) is 15.0. The van der Waals surface area contributed by atoms with Gasteiger partial charge < -0.3 is 10.1 Å². The number of amides is 1. The van der Waals surface area contributed by atoms with Gasteiger partial charge in [0.25, 0.3) is 0 Å². The molecular formula is C23H29ClN2O3S2. The molecule has 0 fully saturated rings. The largest absolute Gasteiger partial charge is 0.462 e. The third-order valence-corrected chi connectivity index (χ3v) is 7.52. The molecule has 168 valence electrons. The number of rotatable bonds is 10. The second-order valence-electron chi connectivity index (χ2n) is 7.41. The minimum atomic E-state index is -0.336. The van der Waals surface area contributed by atoms with E-state index < -0.39 is 0 Å². The lowest BCUT2D eigenvalue weighted by Crippen LogP contribution is -2.30. The summed E-state index contributed by atoms with van der Waals surface area (Å²) in [4.78, 5) is 29.9. The van der Waals surface area contributed by atoms with Crippen molar-refractivity contribution >= 4 is 51.6 Å². The number of benzene rings is 1. The standard InChI is InChI=1S/C23H29ClN2O3S2/c1-3-12-26-13-11-18-19(15-26)31-22(21(18)23(28)29-4-2)25-20(27)6-5-14-30-17-9-7-16(24)8-10-17/h7-10H,3-6,11-15H2,1-2H3,(H,25,27). The van der Waals surface area contributed by atoms with Gasteiger partial charge in [-0.15, -0.1) is 23.1 Å². The van der Waals surface area contributed by atoms with E-state index in [4.69, 9.17) is 16.3 Å². The zero-order valence-electron chi connectivity index (χ0n) is 18.0. The van der Waals surface area contributed by atoms with Crippen LogP contribution in [-0.4, -0.2) is 42.2 Å². The maximum absolute atomic E-state index is 12.6. The van der Waals surface area contributed by atoms with Crippen LogP contribution in [0.1, 0.15) is 53.9 Å². The Morgan fingerprint density at radius 1 is 1.26 bits per heavy atom. The Kier molecular flexibility index (Phi) is 9.26. The van der Waals surface area contributed by atoms with Gasteiger partial charge in [0.2, 0.25) is 5.91 Å². The second kappa shape index (κ2) is 11.9. The summed E-state index contributed by atoms with van der Waals surface area (Å²) in [5.41, 5.74) is 1.60. The van der Waals surface area contributed by atoms with Crippen molar-refractivity contribution in [3.05, 3.63) is 45.3 Å². The minimum Gasteiger partial charge on any atom is -0.462 e. The van der Waals surface area contributed by atoms with Crippen LogP contribution in [0.3, 0.4) is 0 Å². The molecule has 2 aromatic rings. The van der Waals surface area contributed by atoms with Crippen LogP contribution in [0.15, 0.2) is 29.2 Å². The number of ether oxygens (including phenoxy) is 1. The van der Waals surface area contributed by atoms with E-state index in [1.807, 2.05) is 24.3 Å². The molecule has 2 heterocycles. The summed E-state index contributed by atoms with van der Waals surface area (Å²) >= 11 is 9.13. The van der Waals surface area contributed by atoms with Crippen molar-refractivity contribution in [1.82, 2.24) is 4.90 Å². The Labute approximate surface area is 197 Å². The van der Waals surface area contributed by atoms with Gasteiger partial charge >= 0.3 is 5.97 Å². The fourth-order valence-electron chi connectivity index (χ4n) is 3.61. The van der Waals surface area contributed by atoms with E-state index in [-0.39, 0.29) is 11.9 Å². The normalized spacial score (nSPS) is 13.6. The number of fused-ring (bicyclic) bond motifs is 1. The van der Waals surface area contributed by atoms with Crippen LogP contribution in [0.5, 0.6) is 0 Å². The molecule has 1 amide bonds. The highest BCUT2D eigenvalue weighted by Crippen LogP contribution is 2.38. The Hall–Kier alpha value is -1.54. The molecule has 1 aliphatic rings. The van der Waals surface area contributed by atoms with Crippen molar-refractivity contribution in [2.45, 2.75) is 51.0 Å². The quantitative estimate of drug-likeness (QED) is 0.262. The summed E-state index contributed by atoms with van der Waals surface area (Å²) in [6, 6.07) is 7.70. The molecule has 0 saturated carbocycles. The second-order valence-corrected chi connectivity index (χ2v) is 10.1. The number of nitrogens with one attached hydrogen (secondary N) is 1. The fourth-order valence-corrected chi connectivity index (χ4v) is 5.89. The van der Waals surface area contributed by atoms with Crippen LogP contribution in [0.4, 0.5) is 5.00 Å². The number of thioether (sulfide) groups is 1. The first-order valence-corrected chi connectivity index (χ1v) is 12.9. The van der Waals surface area contributed by atoms with Crippen molar-refractivity contribution in [2.75, 3.05) is 30.8 Å². The zero-order valence-corrected chi connectivity index (χ0v) is 20.4. The summed E-state index contributed by atoms with van der Waals surface area (Å²) in [5.74, 6) is 0.441. The van der Waals surface area contributed by atoms with E-state index in [9.17, 15) is 9.59 Å². The molecule has 0 spiro atoms. The highest BCUT2D eigenvalue weighted by Gasteiger charge is 2.29. The van der Waals surface area contributed by atoms with Gasteiger partial charge in [-0.05, 0) is 68.3 Å². The number of hydrogen-bond acceptors (Lipinski definition) is 6. The lowest BCUT2D eigenvalue weighted by molar-refractivity contribution is -0.116. The van der Waals surface area contributed by atoms with Crippen molar-refractivity contribution in [3.8, 4) is 0 Å². The van der Waals surface area contributed by atoms with E-state index >= 15 is 0 Å². The predicted octanol–water partition coefficient (Wildman–Crippen LogP) is 5.86. The van der Waals surface area contributed by atoms with Crippen LogP contribution in [0.2, 0.25) is 5.02 Å². The number of hydrogen-bond donors (Lipinski definition) is 1. The highest BCUT2D eigenvalue weighted by atomic mass is 35.5. The van der Waals surface area contributed by atoms with E-state index in [0.29, 0.717) is 23.6 Å².